The molecule has 2 aromatic rings. The molecule has 3 rings (SSSR count). The third kappa shape index (κ3) is 4.42. The highest BCUT2D eigenvalue weighted by Gasteiger charge is 2.26. The number of nitrogens with zero attached hydrogens (tertiary/aromatic N) is 1. The molecule has 0 saturated carbocycles. The smallest absolute Gasteiger partial charge is 0.243 e. The van der Waals surface area contributed by atoms with E-state index in [2.05, 4.69) is 9.62 Å². The van der Waals surface area contributed by atoms with Crippen molar-refractivity contribution in [3.8, 4) is 0 Å². The molecule has 1 atom stereocenters. The van der Waals surface area contributed by atoms with E-state index in [4.69, 9.17) is 4.74 Å². The molecule has 0 aliphatic carbocycles. The summed E-state index contributed by atoms with van der Waals surface area (Å²) in [6.07, 6.45) is 0. The van der Waals surface area contributed by atoms with E-state index in [9.17, 15) is 17.2 Å². The fourth-order valence-corrected chi connectivity index (χ4v) is 4.57. The van der Waals surface area contributed by atoms with Gasteiger partial charge in [-0.3, -0.25) is 4.90 Å². The van der Waals surface area contributed by atoms with Crippen molar-refractivity contribution in [3.63, 3.8) is 0 Å². The highest BCUT2D eigenvalue weighted by molar-refractivity contribution is 7.89. The fourth-order valence-electron chi connectivity index (χ4n) is 2.77. The summed E-state index contributed by atoms with van der Waals surface area (Å²) in [5.74, 6) is -1.92. The van der Waals surface area contributed by atoms with Gasteiger partial charge in [0.1, 0.15) is 16.5 Å². The first-order chi connectivity index (χ1) is 12.0. The van der Waals surface area contributed by atoms with Crippen LogP contribution in [0.5, 0.6) is 0 Å². The molecule has 5 nitrogen and oxygen atoms in total. The minimum Gasteiger partial charge on any atom is -0.379 e. The Morgan fingerprint density at radius 3 is 2.64 bits per heavy atom. The Kier molecular flexibility index (Phi) is 5.80. The topological polar surface area (TPSA) is 58.6 Å². The molecule has 1 N–H and O–H groups in total. The zero-order valence-electron chi connectivity index (χ0n) is 13.3. The van der Waals surface area contributed by atoms with Gasteiger partial charge < -0.3 is 4.74 Å². The van der Waals surface area contributed by atoms with Crippen molar-refractivity contribution in [3.05, 3.63) is 52.2 Å². The molecule has 25 heavy (non-hydrogen) atoms. The van der Waals surface area contributed by atoms with Crippen LogP contribution in [-0.2, 0) is 14.8 Å². The van der Waals surface area contributed by atoms with Crippen LogP contribution in [0.1, 0.15) is 11.6 Å². The highest BCUT2D eigenvalue weighted by Crippen LogP contribution is 2.24. The molecule has 1 aromatic carbocycles. The van der Waals surface area contributed by atoms with Crippen LogP contribution < -0.4 is 4.72 Å². The molecule has 1 saturated heterocycles. The predicted molar refractivity (Wildman–Crippen MR) is 91.0 cm³/mol. The minimum absolute atomic E-state index is 0.0931. The molecule has 1 fully saturated rings. The monoisotopic (exact) mass is 388 g/mol. The molecule has 2 heterocycles. The Bertz CT molecular complexity index is 807. The van der Waals surface area contributed by atoms with Crippen molar-refractivity contribution in [1.29, 1.82) is 0 Å². The van der Waals surface area contributed by atoms with E-state index in [0.717, 1.165) is 17.7 Å². The fraction of sp³-hybridized carbons (Fsp3) is 0.375. The van der Waals surface area contributed by atoms with Crippen LogP contribution in [-0.4, -0.2) is 46.2 Å². The molecule has 0 amide bonds. The van der Waals surface area contributed by atoms with Gasteiger partial charge in [0.15, 0.2) is 0 Å². The largest absolute Gasteiger partial charge is 0.379 e. The second-order valence-electron chi connectivity index (χ2n) is 5.65. The second-order valence-corrected chi connectivity index (χ2v) is 8.16. The lowest BCUT2D eigenvalue weighted by atomic mass is 10.1. The maximum atomic E-state index is 13.8. The molecule has 136 valence electrons. The summed E-state index contributed by atoms with van der Waals surface area (Å²) in [5, 5.41) is 3.89. The molecule has 0 bridgehead atoms. The standard InChI is InChI=1S/C16H18F2N2O3S2/c17-13-1-2-16(14(18)9-13)25(21,22)19-10-15(12-3-8-24-11-12)20-4-6-23-7-5-20/h1-3,8-9,11,15,19H,4-7,10H2/t15-/m1/s1. The molecule has 0 spiro atoms. The molecular weight excluding hydrogens is 370 g/mol. The van der Waals surface area contributed by atoms with Crippen LogP contribution in [0.25, 0.3) is 0 Å². The van der Waals surface area contributed by atoms with Gasteiger partial charge in [0.05, 0.1) is 13.2 Å². The van der Waals surface area contributed by atoms with Gasteiger partial charge in [-0.15, -0.1) is 0 Å². The summed E-state index contributed by atoms with van der Waals surface area (Å²) in [6.45, 7) is 2.64. The number of morpholine rings is 1. The first-order valence-electron chi connectivity index (χ1n) is 7.76. The molecule has 1 aliphatic rings. The third-order valence-electron chi connectivity index (χ3n) is 4.06. The lowest BCUT2D eigenvalue weighted by molar-refractivity contribution is 0.0173. The average Bonchev–Trinajstić information content (AvgIpc) is 3.10. The molecular formula is C16H18F2N2O3S2. The SMILES string of the molecule is O=S(=O)(NC[C@H](c1ccsc1)N1CCOCC1)c1ccc(F)cc1F. The van der Waals surface area contributed by atoms with E-state index in [1.54, 1.807) is 0 Å². The van der Waals surface area contributed by atoms with E-state index >= 15 is 0 Å². The van der Waals surface area contributed by atoms with E-state index in [-0.39, 0.29) is 12.6 Å². The number of halogens is 2. The maximum Gasteiger partial charge on any atom is 0.243 e. The van der Waals surface area contributed by atoms with Crippen LogP contribution in [0.4, 0.5) is 8.78 Å². The summed E-state index contributed by atoms with van der Waals surface area (Å²) >= 11 is 1.53. The Morgan fingerprint density at radius 2 is 2.00 bits per heavy atom. The Hall–Kier alpha value is -1.39. The van der Waals surface area contributed by atoms with Crippen LogP contribution in [0.2, 0.25) is 0 Å². The van der Waals surface area contributed by atoms with Gasteiger partial charge >= 0.3 is 0 Å². The van der Waals surface area contributed by atoms with Gasteiger partial charge in [0, 0.05) is 31.7 Å². The predicted octanol–water partition coefficient (Wildman–Crippen LogP) is 2.38. The van der Waals surface area contributed by atoms with Crippen molar-refractivity contribution >= 4 is 21.4 Å². The highest BCUT2D eigenvalue weighted by atomic mass is 32.2. The summed E-state index contributed by atoms with van der Waals surface area (Å²) in [6, 6.07) is 4.19. The van der Waals surface area contributed by atoms with E-state index in [1.807, 2.05) is 16.8 Å². The quantitative estimate of drug-likeness (QED) is 0.826. The number of hydrogen-bond donors (Lipinski definition) is 1. The van der Waals surface area contributed by atoms with Gasteiger partial charge in [0.25, 0.3) is 0 Å². The molecule has 0 unspecified atom stereocenters. The van der Waals surface area contributed by atoms with Gasteiger partial charge in [-0.25, -0.2) is 21.9 Å². The number of benzene rings is 1. The van der Waals surface area contributed by atoms with E-state index in [0.29, 0.717) is 32.4 Å². The minimum atomic E-state index is -4.08. The normalized spacial score (nSPS) is 17.5. The first kappa shape index (κ1) is 18.4. The van der Waals surface area contributed by atoms with Crippen molar-refractivity contribution < 1.29 is 21.9 Å². The molecule has 9 heteroatoms. The Labute approximate surface area is 149 Å². The lowest BCUT2D eigenvalue weighted by Gasteiger charge is -2.34. The van der Waals surface area contributed by atoms with Gasteiger partial charge in [-0.1, -0.05) is 0 Å². The third-order valence-corrected chi connectivity index (χ3v) is 6.22. The number of hydrogen-bond acceptors (Lipinski definition) is 5. The molecule has 1 aromatic heterocycles. The Morgan fingerprint density at radius 1 is 1.24 bits per heavy atom. The number of nitrogens with one attached hydrogen (secondary N) is 1. The van der Waals surface area contributed by atoms with Crippen molar-refractivity contribution in [2.45, 2.75) is 10.9 Å². The number of ether oxygens (including phenoxy) is 1. The van der Waals surface area contributed by atoms with E-state index < -0.39 is 26.6 Å². The zero-order chi connectivity index (χ0) is 17.9. The van der Waals surface area contributed by atoms with Crippen LogP contribution in [0.3, 0.4) is 0 Å². The molecule has 0 radical (unpaired) electrons. The van der Waals surface area contributed by atoms with Crippen LogP contribution >= 0.6 is 11.3 Å². The van der Waals surface area contributed by atoms with Gasteiger partial charge in [-0.05, 0) is 34.5 Å². The van der Waals surface area contributed by atoms with Crippen LogP contribution in [0.15, 0.2) is 39.9 Å². The zero-order valence-corrected chi connectivity index (χ0v) is 15.0. The summed E-state index contributed by atoms with van der Waals surface area (Å²) < 4.78 is 59.4. The number of thiophene rings is 1. The Balaban J connectivity index is 1.78. The summed E-state index contributed by atoms with van der Waals surface area (Å²) in [4.78, 5) is 1.58. The average molecular weight is 388 g/mol. The first-order valence-corrected chi connectivity index (χ1v) is 10.2. The van der Waals surface area contributed by atoms with Crippen molar-refractivity contribution in [2.24, 2.45) is 0 Å². The van der Waals surface area contributed by atoms with Crippen LogP contribution in [0, 0.1) is 11.6 Å². The van der Waals surface area contributed by atoms with Crippen molar-refractivity contribution in [2.75, 3.05) is 32.8 Å². The van der Waals surface area contributed by atoms with Gasteiger partial charge in [0.2, 0.25) is 10.0 Å². The van der Waals surface area contributed by atoms with E-state index in [1.165, 1.54) is 11.3 Å². The summed E-state index contributed by atoms with van der Waals surface area (Å²) in [5.41, 5.74) is 0.995. The maximum absolute atomic E-state index is 13.8. The molecule has 1 aliphatic heterocycles. The lowest BCUT2D eigenvalue weighted by Crippen LogP contribution is -2.43. The van der Waals surface area contributed by atoms with Crippen molar-refractivity contribution in [1.82, 2.24) is 9.62 Å². The number of sulfonamides is 1. The number of rotatable bonds is 6. The summed E-state index contributed by atoms with van der Waals surface area (Å²) in [7, 11) is -4.08. The second kappa shape index (κ2) is 7.88. The van der Waals surface area contributed by atoms with Gasteiger partial charge in [-0.2, -0.15) is 11.3 Å².